The first-order valence-electron chi connectivity index (χ1n) is 1.34. The van der Waals surface area contributed by atoms with Crippen molar-refractivity contribution >= 4 is 0 Å². The molecular weight excluding hydrogens is 320 g/mol. The van der Waals surface area contributed by atoms with Gasteiger partial charge in [0.25, 0.3) is 0 Å². The fourth-order valence-electron chi connectivity index (χ4n) is 0. The van der Waals surface area contributed by atoms with Crippen molar-refractivity contribution in [3.63, 3.8) is 0 Å². The van der Waals surface area contributed by atoms with Crippen LogP contribution < -0.4 is 118 Å². The molecule has 0 rings (SSSR count). The van der Waals surface area contributed by atoms with E-state index in [9.17, 15) is 0 Å². The smallest absolute Gasteiger partial charge is 0.870 e. The molecule has 0 fully saturated rings. The van der Waals surface area contributed by atoms with Gasteiger partial charge in [-0.25, -0.2) is 0 Å². The first kappa shape index (κ1) is 120. The summed E-state index contributed by atoms with van der Waals surface area (Å²) in [5, 5.41) is 37.5. The molecule has 0 amide bonds. The normalized spacial score (nSPS) is 0.667. The van der Waals surface area contributed by atoms with Gasteiger partial charge in [0.1, 0.15) is 0 Å². The first-order chi connectivity index (χ1) is 6.00. The second kappa shape index (κ2) is 2770. The molecule has 0 spiro atoms. The molecule has 0 aromatic rings. The van der Waals surface area contributed by atoms with Crippen LogP contribution in [0, 0.1) is 71.0 Å². The number of rotatable bonds is 0. The Hall–Kier alpha value is 1.42. The predicted molar refractivity (Wildman–Crippen MR) is 31.7 cm³/mol. The third-order valence-corrected chi connectivity index (χ3v) is 0. The number of hydrogen-bond donors (Lipinski definition) is 0. The van der Waals surface area contributed by atoms with E-state index in [1.165, 1.54) is 0 Å². The van der Waals surface area contributed by atoms with Crippen molar-refractivity contribution in [2.45, 2.75) is 0 Å². The van der Waals surface area contributed by atoms with Gasteiger partial charge in [-0.1, -0.05) is 0 Å². The second-order valence-electron chi connectivity index (χ2n) is 0. The Bertz CT molecular complexity index is 111. The summed E-state index contributed by atoms with van der Waals surface area (Å²) < 4.78 is 0. The van der Waals surface area contributed by atoms with Gasteiger partial charge in [0.15, 0.2) is 0 Å². The molecule has 0 aliphatic carbocycles. The molecule has 0 aromatic heterocycles. The molecule has 12 heteroatoms. The SMILES string of the molecule is [C-]#N.[C-]#N.[C-]#N.[C-]#N.[C-]#N.[C-]#N.[Fe+3].[Na+].[Na+].[Na+].[Na+].[OH-]. The van der Waals surface area contributed by atoms with Crippen LogP contribution in [0.1, 0.15) is 0 Å². The molecule has 7 nitrogen and oxygen atoms in total. The molecular formula is C6HFeN6Na4O. The third-order valence-electron chi connectivity index (χ3n) is 0. The quantitative estimate of drug-likeness (QED) is 0.314. The maximum absolute atomic E-state index is 6.25. The van der Waals surface area contributed by atoms with Crippen LogP contribution in [0.2, 0.25) is 0 Å². The summed E-state index contributed by atoms with van der Waals surface area (Å²) in [7, 11) is 0. The van der Waals surface area contributed by atoms with Crippen molar-refractivity contribution in [1.29, 1.82) is 31.6 Å². The van der Waals surface area contributed by atoms with E-state index in [4.69, 9.17) is 71.0 Å². The summed E-state index contributed by atoms with van der Waals surface area (Å²) in [6, 6.07) is 0. The van der Waals surface area contributed by atoms with E-state index in [2.05, 4.69) is 0 Å². The van der Waals surface area contributed by atoms with Crippen LogP contribution in [0.15, 0.2) is 0 Å². The molecule has 0 aliphatic heterocycles. The molecule has 1 radical (unpaired) electrons. The van der Waals surface area contributed by atoms with Crippen molar-refractivity contribution < 1.29 is 141 Å². The Morgan fingerprint density at radius 1 is 0.333 bits per heavy atom. The molecule has 0 aromatic carbocycles. The van der Waals surface area contributed by atoms with Crippen LogP contribution in [0.5, 0.6) is 0 Å². The Morgan fingerprint density at radius 2 is 0.333 bits per heavy atom. The molecule has 0 saturated carbocycles. The van der Waals surface area contributed by atoms with E-state index in [1.54, 1.807) is 0 Å². The minimum Gasteiger partial charge on any atom is -0.870 e. The van der Waals surface area contributed by atoms with Gasteiger partial charge in [-0.15, -0.1) is 0 Å². The van der Waals surface area contributed by atoms with Gasteiger partial charge in [0.05, 0.1) is 0 Å². The van der Waals surface area contributed by atoms with Crippen LogP contribution >= 0.6 is 0 Å². The molecule has 18 heavy (non-hydrogen) atoms. The zero-order valence-corrected chi connectivity index (χ0v) is 19.6. The van der Waals surface area contributed by atoms with E-state index >= 15 is 0 Å². The minimum atomic E-state index is 0. The molecule has 0 atom stereocenters. The minimum absolute atomic E-state index is 0. The van der Waals surface area contributed by atoms with E-state index in [1.807, 2.05) is 0 Å². The Labute approximate surface area is 208 Å². The molecule has 0 saturated heterocycles. The van der Waals surface area contributed by atoms with Crippen molar-refractivity contribution in [2.24, 2.45) is 0 Å². The Balaban J connectivity index is -0.00000000225. The van der Waals surface area contributed by atoms with Crippen LogP contribution in [0.3, 0.4) is 0 Å². The zero-order chi connectivity index (χ0) is 12.0. The van der Waals surface area contributed by atoms with Crippen molar-refractivity contribution in [3.8, 4) is 0 Å². The van der Waals surface area contributed by atoms with E-state index in [0.29, 0.717) is 0 Å². The van der Waals surface area contributed by atoms with E-state index < -0.39 is 0 Å². The fraction of sp³-hybridized carbons (Fsp3) is 0. The maximum Gasteiger partial charge on any atom is 3.00 e. The third kappa shape index (κ3) is 2330. The monoisotopic (exact) mass is 321 g/mol. The van der Waals surface area contributed by atoms with Crippen LogP contribution in [0.25, 0.3) is 0 Å². The summed E-state index contributed by atoms with van der Waals surface area (Å²) in [6.07, 6.45) is 0. The standard InChI is InChI=1S/6CN.Fe.4Na.H2O/c6*1-2;;;;;;/h;;;;;;;;;;;1H2/q6*-1;+3;4*+1;/p-1. The fourth-order valence-corrected chi connectivity index (χ4v) is 0. The maximum atomic E-state index is 6.25. The molecule has 0 heterocycles. The largest absolute Gasteiger partial charge is 3.00 e. The molecule has 0 bridgehead atoms. The van der Waals surface area contributed by atoms with Crippen molar-refractivity contribution in [2.75, 3.05) is 0 Å². The van der Waals surface area contributed by atoms with Gasteiger partial charge in [-0.2, -0.15) is 0 Å². The van der Waals surface area contributed by atoms with E-state index in [-0.39, 0.29) is 141 Å². The summed E-state index contributed by atoms with van der Waals surface area (Å²) >= 11 is 0. The Morgan fingerprint density at radius 3 is 0.333 bits per heavy atom. The van der Waals surface area contributed by atoms with Crippen molar-refractivity contribution in [1.82, 2.24) is 0 Å². The van der Waals surface area contributed by atoms with Gasteiger partial charge in [-0.05, 0) is 0 Å². The average Bonchev–Trinajstić information content (AvgIpc) is 2.33. The van der Waals surface area contributed by atoms with Crippen LogP contribution in [0.4, 0.5) is 0 Å². The number of nitrogens with zero attached hydrogens (tertiary/aromatic N) is 6. The molecule has 0 aliphatic rings. The zero-order valence-electron chi connectivity index (χ0n) is 10.5. The molecule has 73 valence electrons. The van der Waals surface area contributed by atoms with Gasteiger partial charge in [0.2, 0.25) is 0 Å². The first-order valence-corrected chi connectivity index (χ1v) is 1.34. The van der Waals surface area contributed by atoms with Crippen LogP contribution in [-0.4, -0.2) is 5.48 Å². The van der Waals surface area contributed by atoms with Gasteiger partial charge in [-0.3, -0.25) is 0 Å². The van der Waals surface area contributed by atoms with Crippen LogP contribution in [-0.2, 0) is 17.1 Å². The number of hydrogen-bond acceptors (Lipinski definition) is 7. The van der Waals surface area contributed by atoms with Gasteiger partial charge >= 0.3 is 135 Å². The summed E-state index contributed by atoms with van der Waals surface area (Å²) in [6.45, 7) is 28.5. The molecule has 1 N–H and O–H groups in total. The predicted octanol–water partition coefficient (Wildman–Crippen LogP) is -11.6. The Kier molecular flexibility index (Phi) is 18400. The topological polar surface area (TPSA) is 173 Å². The second-order valence-corrected chi connectivity index (χ2v) is 0. The summed E-state index contributed by atoms with van der Waals surface area (Å²) in [5.41, 5.74) is 0. The average molecular weight is 321 g/mol. The van der Waals surface area contributed by atoms with Gasteiger partial charge in [0, 0.05) is 0 Å². The van der Waals surface area contributed by atoms with Crippen molar-refractivity contribution in [3.05, 3.63) is 39.4 Å². The summed E-state index contributed by atoms with van der Waals surface area (Å²) in [4.78, 5) is 0. The molecule has 0 unspecified atom stereocenters. The summed E-state index contributed by atoms with van der Waals surface area (Å²) in [5.74, 6) is 0. The van der Waals surface area contributed by atoms with Gasteiger partial charge < -0.3 is 76.5 Å². The van der Waals surface area contributed by atoms with E-state index in [0.717, 1.165) is 0 Å².